The molecule has 1 N–H and O–H groups in total. The first-order valence-corrected chi connectivity index (χ1v) is 5.84. The standard InChI is InChI=1S/C12H20O5/c1-12(2,3)17-10(13)6-8-4-5-9(11(14)15)16-7-8/h8-9H,4-7H2,1-3H3,(H,14,15)/t8-,9-/m0/s1. The summed E-state index contributed by atoms with van der Waals surface area (Å²) in [5, 5.41) is 8.74. The van der Waals surface area contributed by atoms with Crippen LogP contribution in [0.5, 0.6) is 0 Å². The summed E-state index contributed by atoms with van der Waals surface area (Å²) in [6.45, 7) is 5.78. The zero-order valence-corrected chi connectivity index (χ0v) is 10.6. The molecule has 0 unspecified atom stereocenters. The number of carbonyl (C=O) groups is 2. The number of carbonyl (C=O) groups excluding carboxylic acids is 1. The van der Waals surface area contributed by atoms with Crippen molar-refractivity contribution in [2.24, 2.45) is 5.92 Å². The number of aliphatic carboxylic acids is 1. The second-order valence-corrected chi connectivity index (χ2v) is 5.39. The molecule has 0 saturated carbocycles. The van der Waals surface area contributed by atoms with Crippen LogP contribution in [-0.2, 0) is 19.1 Å². The van der Waals surface area contributed by atoms with E-state index < -0.39 is 17.7 Å². The Hall–Kier alpha value is -1.10. The molecule has 1 heterocycles. The van der Waals surface area contributed by atoms with Crippen molar-refractivity contribution in [1.82, 2.24) is 0 Å². The number of esters is 1. The predicted molar refractivity (Wildman–Crippen MR) is 60.6 cm³/mol. The molecule has 0 radical (unpaired) electrons. The summed E-state index contributed by atoms with van der Waals surface area (Å²) in [5.41, 5.74) is -0.476. The first kappa shape index (κ1) is 14.0. The number of carboxylic acid groups (broad SMARTS) is 1. The number of hydrogen-bond donors (Lipinski definition) is 1. The quantitative estimate of drug-likeness (QED) is 0.763. The Balaban J connectivity index is 2.31. The molecule has 1 rings (SSSR count). The molecule has 98 valence electrons. The van der Waals surface area contributed by atoms with Gasteiger partial charge >= 0.3 is 11.9 Å². The molecule has 17 heavy (non-hydrogen) atoms. The van der Waals surface area contributed by atoms with Crippen LogP contribution >= 0.6 is 0 Å². The highest BCUT2D eigenvalue weighted by Gasteiger charge is 2.29. The van der Waals surface area contributed by atoms with Crippen molar-refractivity contribution in [2.75, 3.05) is 6.61 Å². The summed E-state index contributed by atoms with van der Waals surface area (Å²) in [6.07, 6.45) is 0.729. The lowest BCUT2D eigenvalue weighted by atomic mass is 9.95. The molecule has 0 aromatic rings. The van der Waals surface area contributed by atoms with Gasteiger partial charge in [-0.15, -0.1) is 0 Å². The molecule has 1 fully saturated rings. The van der Waals surface area contributed by atoms with Crippen molar-refractivity contribution >= 4 is 11.9 Å². The number of ether oxygens (including phenoxy) is 2. The molecular formula is C12H20O5. The van der Waals surface area contributed by atoms with Gasteiger partial charge in [-0.25, -0.2) is 4.79 Å². The number of rotatable bonds is 3. The van der Waals surface area contributed by atoms with Gasteiger partial charge in [-0.3, -0.25) is 4.79 Å². The van der Waals surface area contributed by atoms with Crippen LogP contribution in [0.3, 0.4) is 0 Å². The molecule has 0 aromatic heterocycles. The van der Waals surface area contributed by atoms with Crippen molar-refractivity contribution in [2.45, 2.75) is 51.7 Å². The predicted octanol–water partition coefficient (Wildman–Crippen LogP) is 1.60. The largest absolute Gasteiger partial charge is 0.479 e. The van der Waals surface area contributed by atoms with Crippen LogP contribution in [0.2, 0.25) is 0 Å². The van der Waals surface area contributed by atoms with Crippen molar-refractivity contribution in [3.05, 3.63) is 0 Å². The average molecular weight is 244 g/mol. The second-order valence-electron chi connectivity index (χ2n) is 5.39. The molecule has 0 bridgehead atoms. The SMILES string of the molecule is CC(C)(C)OC(=O)C[C@@H]1CC[C@@H](C(=O)O)OC1. The fourth-order valence-corrected chi connectivity index (χ4v) is 1.78. The third-order valence-corrected chi connectivity index (χ3v) is 2.52. The van der Waals surface area contributed by atoms with Gasteiger partial charge in [0.25, 0.3) is 0 Å². The maximum Gasteiger partial charge on any atom is 0.332 e. The maximum atomic E-state index is 11.5. The molecule has 1 aliphatic heterocycles. The maximum absolute atomic E-state index is 11.5. The monoisotopic (exact) mass is 244 g/mol. The summed E-state index contributed by atoms with van der Waals surface area (Å²) < 4.78 is 10.4. The van der Waals surface area contributed by atoms with Gasteiger partial charge in [0, 0.05) is 0 Å². The summed E-state index contributed by atoms with van der Waals surface area (Å²) in [4.78, 5) is 22.2. The molecule has 2 atom stereocenters. The van der Waals surface area contributed by atoms with Crippen LogP contribution < -0.4 is 0 Å². The van der Waals surface area contributed by atoms with E-state index in [0.29, 0.717) is 25.9 Å². The van der Waals surface area contributed by atoms with Crippen LogP contribution in [0.15, 0.2) is 0 Å². The van der Waals surface area contributed by atoms with Crippen LogP contribution in [0.25, 0.3) is 0 Å². The van der Waals surface area contributed by atoms with E-state index in [2.05, 4.69) is 0 Å². The van der Waals surface area contributed by atoms with Crippen molar-refractivity contribution < 1.29 is 24.2 Å². The van der Waals surface area contributed by atoms with Gasteiger partial charge in [0.05, 0.1) is 13.0 Å². The minimum absolute atomic E-state index is 0.0699. The van der Waals surface area contributed by atoms with E-state index in [1.807, 2.05) is 20.8 Å². The third-order valence-electron chi connectivity index (χ3n) is 2.52. The Morgan fingerprint density at radius 3 is 2.41 bits per heavy atom. The molecule has 0 amide bonds. The Bertz CT molecular complexity index is 284. The highest BCUT2D eigenvalue weighted by molar-refractivity contribution is 5.72. The van der Waals surface area contributed by atoms with E-state index in [4.69, 9.17) is 14.6 Å². The van der Waals surface area contributed by atoms with Crippen LogP contribution in [0.4, 0.5) is 0 Å². The smallest absolute Gasteiger partial charge is 0.332 e. The lowest BCUT2D eigenvalue weighted by molar-refractivity contribution is -0.160. The van der Waals surface area contributed by atoms with Crippen molar-refractivity contribution in [3.63, 3.8) is 0 Å². The highest BCUT2D eigenvalue weighted by atomic mass is 16.6. The van der Waals surface area contributed by atoms with Crippen LogP contribution in [-0.4, -0.2) is 35.4 Å². The summed E-state index contributed by atoms with van der Waals surface area (Å²) in [7, 11) is 0. The minimum atomic E-state index is -0.930. The number of carboxylic acids is 1. The Morgan fingerprint density at radius 1 is 1.35 bits per heavy atom. The first-order valence-electron chi connectivity index (χ1n) is 5.84. The van der Waals surface area contributed by atoms with E-state index in [0.717, 1.165) is 0 Å². The van der Waals surface area contributed by atoms with Crippen molar-refractivity contribution in [3.8, 4) is 0 Å². The van der Waals surface area contributed by atoms with Gasteiger partial charge in [-0.2, -0.15) is 0 Å². The average Bonchev–Trinajstić information content (AvgIpc) is 2.15. The van der Waals surface area contributed by atoms with Gasteiger partial charge in [-0.05, 0) is 39.5 Å². The fourth-order valence-electron chi connectivity index (χ4n) is 1.78. The van der Waals surface area contributed by atoms with Gasteiger partial charge in [0.15, 0.2) is 6.10 Å². The highest BCUT2D eigenvalue weighted by Crippen LogP contribution is 2.23. The molecule has 5 heteroatoms. The Labute approximate surface area is 101 Å². The fraction of sp³-hybridized carbons (Fsp3) is 0.833. The molecule has 1 aliphatic rings. The lowest BCUT2D eigenvalue weighted by Gasteiger charge is -2.27. The van der Waals surface area contributed by atoms with Gasteiger partial charge in [0.1, 0.15) is 5.60 Å². The van der Waals surface area contributed by atoms with E-state index in [-0.39, 0.29) is 11.9 Å². The zero-order valence-electron chi connectivity index (χ0n) is 10.6. The van der Waals surface area contributed by atoms with E-state index >= 15 is 0 Å². The van der Waals surface area contributed by atoms with E-state index in [9.17, 15) is 9.59 Å². The Morgan fingerprint density at radius 2 is 2.00 bits per heavy atom. The summed E-state index contributed by atoms with van der Waals surface area (Å²) >= 11 is 0. The summed E-state index contributed by atoms with van der Waals surface area (Å²) in [5.74, 6) is -1.11. The zero-order chi connectivity index (χ0) is 13.1. The molecule has 1 saturated heterocycles. The molecule has 0 spiro atoms. The topological polar surface area (TPSA) is 72.8 Å². The molecule has 0 aromatic carbocycles. The molecule has 5 nitrogen and oxygen atoms in total. The number of hydrogen-bond acceptors (Lipinski definition) is 4. The van der Waals surface area contributed by atoms with E-state index in [1.165, 1.54) is 0 Å². The van der Waals surface area contributed by atoms with E-state index in [1.54, 1.807) is 0 Å². The lowest BCUT2D eigenvalue weighted by Crippen LogP contribution is -2.34. The van der Waals surface area contributed by atoms with Gasteiger partial charge in [0.2, 0.25) is 0 Å². The normalized spacial score (nSPS) is 25.4. The second kappa shape index (κ2) is 5.49. The summed E-state index contributed by atoms with van der Waals surface area (Å²) in [6, 6.07) is 0. The van der Waals surface area contributed by atoms with Crippen LogP contribution in [0.1, 0.15) is 40.0 Å². The molecular weight excluding hydrogens is 224 g/mol. The van der Waals surface area contributed by atoms with Crippen molar-refractivity contribution in [1.29, 1.82) is 0 Å². The van der Waals surface area contributed by atoms with Gasteiger partial charge < -0.3 is 14.6 Å². The first-order chi connectivity index (χ1) is 7.78. The van der Waals surface area contributed by atoms with Crippen LogP contribution in [0, 0.1) is 5.92 Å². The minimum Gasteiger partial charge on any atom is -0.479 e. The Kier molecular flexibility index (Phi) is 4.51. The molecule has 0 aliphatic carbocycles. The third kappa shape index (κ3) is 5.17. The van der Waals surface area contributed by atoms with Gasteiger partial charge in [-0.1, -0.05) is 0 Å².